The molecule has 6 rings (SSSR count). The van der Waals surface area contributed by atoms with Gasteiger partial charge in [-0.3, -0.25) is 28.8 Å². The van der Waals surface area contributed by atoms with Crippen molar-refractivity contribution in [1.29, 1.82) is 0 Å². The second-order valence-electron chi connectivity index (χ2n) is 12.7. The Balaban J connectivity index is 0. The Morgan fingerprint density at radius 2 is 0.847 bits per heavy atom. The lowest BCUT2D eigenvalue weighted by atomic mass is 9.83. The highest BCUT2D eigenvalue weighted by Crippen LogP contribution is 2.35. The van der Waals surface area contributed by atoms with E-state index in [4.69, 9.17) is 0 Å². The standard InChI is InChI=1S/2C13H14BO2S.C13H14O2S.4C2H6.B/c1-14-17-13-4-2-9(3-5-13)10-6-11(15)8-12(16)7-10;1-14-17-13-4-2-3-9(7-13)10-5-11(15)8-12(16)6-10;1-16-13-5-3-2-4-12(13)9-6-10(14)8-11(15)7-9;4*1-2;/h2-5,10H,6-8H2,1H3;2-4,7,10H,5-6,8H2,1H3;2-5,9H,6-8H2,1H3;4*1-2H3;. The largest absolute Gasteiger partial charge is 0.299 e. The van der Waals surface area contributed by atoms with Crippen LogP contribution in [0.1, 0.15) is 148 Å². The van der Waals surface area contributed by atoms with Crippen LogP contribution in [0.2, 0.25) is 13.6 Å². The van der Waals surface area contributed by atoms with E-state index in [1.807, 2.05) is 155 Å². The number of ketones is 6. The molecule has 6 nitrogen and oxygen atoms in total. The first-order valence-corrected chi connectivity index (χ1v) is 23.9. The van der Waals surface area contributed by atoms with Crippen LogP contribution >= 0.6 is 35.0 Å². The quantitative estimate of drug-likeness (QED) is 0.124. The summed E-state index contributed by atoms with van der Waals surface area (Å²) in [5.41, 5.74) is 3.36. The summed E-state index contributed by atoms with van der Waals surface area (Å²) < 4.78 is 0. The van der Waals surface area contributed by atoms with Gasteiger partial charge < -0.3 is 0 Å². The van der Waals surface area contributed by atoms with Gasteiger partial charge in [0.25, 0.3) is 0 Å². The van der Waals surface area contributed by atoms with Crippen LogP contribution in [0.25, 0.3) is 0 Å². The molecule has 3 aromatic rings. The molecule has 3 aromatic carbocycles. The molecule has 0 aliphatic heterocycles. The summed E-state index contributed by atoms with van der Waals surface area (Å²) in [6, 6.07) is 24.3. The zero-order valence-electron chi connectivity index (χ0n) is 37.4. The van der Waals surface area contributed by atoms with Gasteiger partial charge in [0.05, 0.1) is 19.3 Å². The van der Waals surface area contributed by atoms with Gasteiger partial charge in [-0.1, -0.05) is 112 Å². The summed E-state index contributed by atoms with van der Waals surface area (Å²) in [6.07, 6.45) is 5.50. The van der Waals surface area contributed by atoms with Crippen LogP contribution in [0.3, 0.4) is 0 Å². The minimum Gasteiger partial charge on any atom is -0.299 e. The van der Waals surface area contributed by atoms with Gasteiger partial charge in [-0.05, 0) is 80.8 Å². The molecule has 317 valence electrons. The zero-order chi connectivity index (χ0) is 44.0. The van der Waals surface area contributed by atoms with Crippen molar-refractivity contribution < 1.29 is 28.8 Å². The Morgan fingerprint density at radius 1 is 0.458 bits per heavy atom. The molecule has 3 fully saturated rings. The normalized spacial score (nSPS) is 15.2. The number of carbonyl (C=O) groups excluding carboxylic acids is 6. The third-order valence-corrected chi connectivity index (χ3v) is 11.1. The molecule has 0 spiro atoms. The predicted octanol–water partition coefficient (Wildman–Crippen LogP) is 12.2. The maximum absolute atomic E-state index is 11.4. The fourth-order valence-corrected chi connectivity index (χ4v) is 8.47. The molecule has 0 heterocycles. The van der Waals surface area contributed by atoms with Crippen LogP contribution in [0.4, 0.5) is 0 Å². The second-order valence-corrected chi connectivity index (χ2v) is 15.9. The number of thioether (sulfide) groups is 1. The fraction of sp³-hybridized carbons (Fsp3) is 0.489. The van der Waals surface area contributed by atoms with Crippen LogP contribution in [-0.2, 0) is 28.8 Å². The predicted molar refractivity (Wildman–Crippen MR) is 257 cm³/mol. The van der Waals surface area contributed by atoms with Crippen LogP contribution in [0.5, 0.6) is 0 Å². The van der Waals surface area contributed by atoms with Gasteiger partial charge in [-0.25, -0.2) is 0 Å². The number of carbonyl (C=O) groups is 6. The lowest BCUT2D eigenvalue weighted by Gasteiger charge is -2.22. The molecule has 5 radical (unpaired) electrons. The summed E-state index contributed by atoms with van der Waals surface area (Å²) in [5.74, 6) is 0.734. The first kappa shape index (κ1) is 58.0. The summed E-state index contributed by atoms with van der Waals surface area (Å²) in [5, 5.41) is 0. The van der Waals surface area contributed by atoms with E-state index < -0.39 is 0 Å². The van der Waals surface area contributed by atoms with Gasteiger partial charge in [0.1, 0.15) is 34.7 Å². The van der Waals surface area contributed by atoms with E-state index in [-0.39, 0.29) is 80.1 Å². The van der Waals surface area contributed by atoms with E-state index in [1.165, 1.54) is 9.79 Å². The third kappa shape index (κ3) is 21.8. The zero-order valence-corrected chi connectivity index (χ0v) is 39.9. The average Bonchev–Trinajstić information content (AvgIpc) is 3.24. The Kier molecular flexibility index (Phi) is 34.0. The van der Waals surface area contributed by atoms with Gasteiger partial charge in [0, 0.05) is 51.8 Å². The molecule has 0 saturated heterocycles. The van der Waals surface area contributed by atoms with Crippen molar-refractivity contribution >= 4 is 91.2 Å². The molecule has 0 bridgehead atoms. The monoisotopic (exact) mass is 855 g/mol. The van der Waals surface area contributed by atoms with Crippen molar-refractivity contribution in [2.24, 2.45) is 0 Å². The highest BCUT2D eigenvalue weighted by molar-refractivity contribution is 8.22. The summed E-state index contributed by atoms with van der Waals surface area (Å²) in [6.45, 7) is 24.0. The van der Waals surface area contributed by atoms with E-state index in [1.54, 1.807) is 35.0 Å². The Labute approximate surface area is 373 Å². The Bertz CT molecular complexity index is 1650. The van der Waals surface area contributed by atoms with Gasteiger partial charge in [0.15, 0.2) is 13.1 Å². The van der Waals surface area contributed by atoms with Gasteiger partial charge >= 0.3 is 0 Å². The van der Waals surface area contributed by atoms with Gasteiger partial charge in [-0.2, -0.15) is 23.2 Å². The third-order valence-electron chi connectivity index (χ3n) is 8.80. The van der Waals surface area contributed by atoms with Crippen molar-refractivity contribution in [2.45, 2.75) is 159 Å². The lowest BCUT2D eigenvalue weighted by Crippen LogP contribution is -2.21. The minimum absolute atomic E-state index is 0. The van der Waals surface area contributed by atoms with Crippen molar-refractivity contribution in [2.75, 3.05) is 6.26 Å². The SMILES string of the molecule is CC.CC.CC.CC.CSc1ccccc1C1CC(=O)CC(=O)C1.C[B]Sc1ccc(C2CC(=O)CC(=O)C2)cc1.C[B]Sc1cccc(C2CC(=O)CC(=O)C2)c1.[B]. The first-order chi connectivity index (χ1) is 28.1. The molecule has 59 heavy (non-hydrogen) atoms. The molecule has 0 atom stereocenters. The number of hydrogen-bond donors (Lipinski definition) is 0. The van der Waals surface area contributed by atoms with E-state index >= 15 is 0 Å². The fourth-order valence-electron chi connectivity index (χ4n) is 6.59. The molecule has 3 saturated carbocycles. The Hall–Kier alpha value is -3.08. The van der Waals surface area contributed by atoms with E-state index in [0.29, 0.717) is 38.5 Å². The maximum atomic E-state index is 11.4. The molecule has 0 aromatic heterocycles. The molecule has 0 unspecified atom stereocenters. The number of hydrogen-bond acceptors (Lipinski definition) is 9. The molecular weight excluding hydrogens is 789 g/mol. The van der Waals surface area contributed by atoms with Crippen molar-refractivity contribution in [3.63, 3.8) is 0 Å². The van der Waals surface area contributed by atoms with E-state index in [9.17, 15) is 28.8 Å². The average molecular weight is 856 g/mol. The summed E-state index contributed by atoms with van der Waals surface area (Å²) >= 11 is 5.00. The van der Waals surface area contributed by atoms with Crippen molar-refractivity contribution in [3.8, 4) is 0 Å². The second kappa shape index (κ2) is 34.6. The molecule has 0 amide bonds. The van der Waals surface area contributed by atoms with Crippen molar-refractivity contribution in [3.05, 3.63) is 89.5 Å². The molecule has 3 aliphatic rings. The molecule has 3 aliphatic carbocycles. The maximum Gasteiger partial charge on any atom is 0.195 e. The number of rotatable bonds is 8. The van der Waals surface area contributed by atoms with E-state index in [2.05, 4.69) is 6.07 Å². The molecule has 12 heteroatoms. The van der Waals surface area contributed by atoms with Gasteiger partial charge in [0.2, 0.25) is 0 Å². The lowest BCUT2D eigenvalue weighted by molar-refractivity contribution is -0.131. The topological polar surface area (TPSA) is 102 Å². The van der Waals surface area contributed by atoms with Crippen LogP contribution < -0.4 is 0 Å². The van der Waals surface area contributed by atoms with Crippen LogP contribution in [0.15, 0.2) is 87.5 Å². The van der Waals surface area contributed by atoms with Crippen LogP contribution in [0, 0.1) is 0 Å². The first-order valence-electron chi connectivity index (χ1n) is 20.9. The number of benzene rings is 3. The molecule has 0 N–H and O–H groups in total. The minimum atomic E-state index is 0. The number of Topliss-reactive ketones (excluding diaryl/α,β-unsaturated/α-hetero) is 6. The van der Waals surface area contributed by atoms with Crippen molar-refractivity contribution in [1.82, 2.24) is 0 Å². The summed E-state index contributed by atoms with van der Waals surface area (Å²) in [7, 11) is 0. The van der Waals surface area contributed by atoms with Crippen LogP contribution in [-0.4, -0.2) is 62.5 Å². The molecular formula is C47H66B3O6S3. The highest BCUT2D eigenvalue weighted by Gasteiger charge is 2.29. The highest BCUT2D eigenvalue weighted by atomic mass is 32.2. The Morgan fingerprint density at radius 3 is 1.27 bits per heavy atom. The summed E-state index contributed by atoms with van der Waals surface area (Å²) in [4.78, 5) is 72.0. The van der Waals surface area contributed by atoms with Gasteiger partial charge in [-0.15, -0.1) is 11.8 Å². The van der Waals surface area contributed by atoms with E-state index in [0.717, 1.165) is 21.6 Å². The smallest absolute Gasteiger partial charge is 0.195 e.